The van der Waals surface area contributed by atoms with Crippen LogP contribution < -0.4 is 0 Å². The highest BCUT2D eigenvalue weighted by molar-refractivity contribution is 6.09. The smallest absolute Gasteiger partial charge is 0.389 e. The van der Waals surface area contributed by atoms with Crippen molar-refractivity contribution in [3.8, 4) is 11.3 Å². The van der Waals surface area contributed by atoms with Crippen molar-refractivity contribution in [2.75, 3.05) is 0 Å². The monoisotopic (exact) mass is 553 g/mol. The predicted molar refractivity (Wildman–Crippen MR) is 153 cm³/mol. The lowest BCUT2D eigenvalue weighted by Crippen LogP contribution is -2.24. The van der Waals surface area contributed by atoms with Crippen LogP contribution in [0.5, 0.6) is 0 Å². The number of nitrogens with zero attached hydrogens (tertiary/aromatic N) is 3. The number of imidazole rings is 1. The molecule has 0 bridgehead atoms. The van der Waals surface area contributed by atoms with Crippen LogP contribution in [-0.2, 0) is 13.0 Å². The highest BCUT2D eigenvalue weighted by Gasteiger charge is 2.39. The molecule has 1 aliphatic carbocycles. The Morgan fingerprint density at radius 2 is 1.80 bits per heavy atom. The largest absolute Gasteiger partial charge is 0.478 e. The molecule has 5 nitrogen and oxygen atoms in total. The number of pyridine rings is 1. The van der Waals surface area contributed by atoms with Gasteiger partial charge >= 0.3 is 12.1 Å². The van der Waals surface area contributed by atoms with Gasteiger partial charge < -0.3 is 14.1 Å². The number of alkyl halides is 3. The van der Waals surface area contributed by atoms with Crippen LogP contribution in [0.4, 0.5) is 13.2 Å². The number of aromatic nitrogens is 3. The van der Waals surface area contributed by atoms with Crippen molar-refractivity contribution in [1.29, 1.82) is 0 Å². The fraction of sp³-hybridized carbons (Fsp3) is 0.212. The number of halogens is 3. The maximum Gasteiger partial charge on any atom is 0.389 e. The number of carbonyl (C=O) groups is 1. The van der Waals surface area contributed by atoms with Gasteiger partial charge in [-0.05, 0) is 59.9 Å². The molecule has 206 valence electrons. The van der Waals surface area contributed by atoms with Crippen molar-refractivity contribution < 1.29 is 23.1 Å². The van der Waals surface area contributed by atoms with E-state index in [1.807, 2.05) is 88.8 Å². The third-order valence-corrected chi connectivity index (χ3v) is 8.32. The molecule has 1 unspecified atom stereocenters. The van der Waals surface area contributed by atoms with E-state index in [-0.39, 0.29) is 24.4 Å². The number of aromatic carboxylic acids is 1. The molecule has 6 aromatic rings. The fourth-order valence-electron chi connectivity index (χ4n) is 6.62. The molecule has 3 aromatic heterocycles. The molecular weight excluding hydrogens is 527 g/mol. The molecular formula is C33H26F3N3O2. The molecule has 8 heteroatoms. The second-order valence-corrected chi connectivity index (χ2v) is 10.7. The molecule has 0 aliphatic heterocycles. The van der Waals surface area contributed by atoms with E-state index < -0.39 is 18.6 Å². The van der Waals surface area contributed by atoms with Gasteiger partial charge in [-0.15, -0.1) is 0 Å². The molecule has 1 atom stereocenters. The molecule has 41 heavy (non-hydrogen) atoms. The zero-order valence-corrected chi connectivity index (χ0v) is 22.2. The Balaban J connectivity index is 1.46. The van der Waals surface area contributed by atoms with E-state index in [9.17, 15) is 23.1 Å². The van der Waals surface area contributed by atoms with Gasteiger partial charge in [0.1, 0.15) is 5.65 Å². The Labute approximate surface area is 233 Å². The molecule has 1 aliphatic rings. The van der Waals surface area contributed by atoms with Gasteiger partial charge in [-0.3, -0.25) is 0 Å². The van der Waals surface area contributed by atoms with Crippen LogP contribution in [0, 0.1) is 6.92 Å². The van der Waals surface area contributed by atoms with E-state index in [0.29, 0.717) is 28.7 Å². The molecule has 7 rings (SSSR count). The van der Waals surface area contributed by atoms with Gasteiger partial charge in [0, 0.05) is 47.2 Å². The number of rotatable bonds is 6. The van der Waals surface area contributed by atoms with E-state index in [0.717, 1.165) is 38.8 Å². The van der Waals surface area contributed by atoms with Crippen molar-refractivity contribution in [2.45, 2.75) is 44.8 Å². The molecule has 3 aromatic carbocycles. The lowest BCUT2D eigenvalue weighted by Gasteiger charge is -2.31. The minimum atomic E-state index is -4.22. The fourth-order valence-corrected chi connectivity index (χ4v) is 6.62. The van der Waals surface area contributed by atoms with Crippen molar-refractivity contribution in [1.82, 2.24) is 14.0 Å². The van der Waals surface area contributed by atoms with Crippen LogP contribution in [0.15, 0.2) is 79.0 Å². The van der Waals surface area contributed by atoms with Crippen molar-refractivity contribution in [3.05, 3.63) is 107 Å². The van der Waals surface area contributed by atoms with Crippen molar-refractivity contribution in [3.63, 3.8) is 0 Å². The molecule has 0 fully saturated rings. The third kappa shape index (κ3) is 4.00. The van der Waals surface area contributed by atoms with Crippen LogP contribution in [0.25, 0.3) is 38.6 Å². The summed E-state index contributed by atoms with van der Waals surface area (Å²) in [5.74, 6) is -1.20. The van der Waals surface area contributed by atoms with Crippen molar-refractivity contribution >= 4 is 33.3 Å². The topological polar surface area (TPSA) is 59.5 Å². The van der Waals surface area contributed by atoms with E-state index in [1.165, 1.54) is 0 Å². The van der Waals surface area contributed by atoms with Gasteiger partial charge in [0.05, 0.1) is 17.0 Å². The Morgan fingerprint density at radius 3 is 2.61 bits per heavy atom. The average Bonchev–Trinajstić information content (AvgIpc) is 3.41. The first-order valence-electron chi connectivity index (χ1n) is 13.6. The highest BCUT2D eigenvalue weighted by Crippen LogP contribution is 2.50. The highest BCUT2D eigenvalue weighted by atomic mass is 19.4. The zero-order valence-electron chi connectivity index (χ0n) is 22.2. The second kappa shape index (κ2) is 9.23. The summed E-state index contributed by atoms with van der Waals surface area (Å²) in [5.41, 5.74) is 6.99. The SMILES string of the molecule is Cc1cccc2c1c1c(n2CCCC(F)(F)F)C(c2c(-c3ccc4ccccc4c3C(=O)O)nc3ccccn23)C1. The van der Waals surface area contributed by atoms with Gasteiger partial charge in [0.25, 0.3) is 0 Å². The summed E-state index contributed by atoms with van der Waals surface area (Å²) in [4.78, 5) is 17.6. The Morgan fingerprint density at radius 1 is 1.00 bits per heavy atom. The normalized spacial score (nSPS) is 15.0. The summed E-state index contributed by atoms with van der Waals surface area (Å²) in [6, 6.07) is 22.8. The second-order valence-electron chi connectivity index (χ2n) is 10.7. The minimum Gasteiger partial charge on any atom is -0.478 e. The summed E-state index contributed by atoms with van der Waals surface area (Å²) in [5, 5.41) is 12.9. The first-order valence-corrected chi connectivity index (χ1v) is 13.6. The molecule has 0 spiro atoms. The number of fused-ring (bicyclic) bond motifs is 5. The molecule has 1 N–H and O–H groups in total. The zero-order chi connectivity index (χ0) is 28.5. The number of hydrogen-bond acceptors (Lipinski definition) is 2. The maximum absolute atomic E-state index is 13.1. The molecule has 0 saturated carbocycles. The summed E-state index contributed by atoms with van der Waals surface area (Å²) in [7, 11) is 0. The van der Waals surface area contributed by atoms with Crippen LogP contribution in [-0.4, -0.2) is 31.2 Å². The van der Waals surface area contributed by atoms with Crippen LogP contribution in [0.2, 0.25) is 0 Å². The number of benzene rings is 3. The summed E-state index contributed by atoms with van der Waals surface area (Å²) < 4.78 is 43.4. The van der Waals surface area contributed by atoms with Crippen molar-refractivity contribution in [2.24, 2.45) is 0 Å². The minimum absolute atomic E-state index is 0.0196. The molecule has 0 saturated heterocycles. The Bertz CT molecular complexity index is 2000. The van der Waals surface area contributed by atoms with Crippen LogP contribution in [0.1, 0.15) is 51.6 Å². The standard InChI is InChI=1S/C33H26F3N3O2/c1-19-8-6-11-25-27(19)23-18-24(30(23)38(25)17-7-15-33(34,35)36)31-29(37-26-12-4-5-16-39(26)31)22-14-13-20-9-2-3-10-21(20)28(22)32(40)41/h2-6,8-14,16,24H,7,15,17-18H2,1H3,(H,40,41). The van der Waals surface area contributed by atoms with E-state index in [4.69, 9.17) is 4.98 Å². The lowest BCUT2D eigenvalue weighted by molar-refractivity contribution is -0.135. The summed E-state index contributed by atoms with van der Waals surface area (Å²) >= 11 is 0. The number of carboxylic acids is 1. The van der Waals surface area contributed by atoms with Crippen LogP contribution >= 0.6 is 0 Å². The Hall–Kier alpha value is -4.59. The average molecular weight is 554 g/mol. The Kier molecular flexibility index (Phi) is 5.71. The maximum atomic E-state index is 13.1. The molecule has 0 amide bonds. The predicted octanol–water partition coefficient (Wildman–Crippen LogP) is 8.15. The summed E-state index contributed by atoms with van der Waals surface area (Å²) in [6.07, 6.45) is -2.48. The number of aryl methyl sites for hydroxylation is 2. The number of carboxylic acid groups (broad SMARTS) is 1. The molecule has 0 radical (unpaired) electrons. The quantitative estimate of drug-likeness (QED) is 0.226. The van der Waals surface area contributed by atoms with Crippen LogP contribution in [0.3, 0.4) is 0 Å². The van der Waals surface area contributed by atoms with Gasteiger partial charge in [-0.1, -0.05) is 54.6 Å². The van der Waals surface area contributed by atoms with E-state index in [1.54, 1.807) is 6.07 Å². The van der Waals surface area contributed by atoms with E-state index in [2.05, 4.69) is 0 Å². The van der Waals surface area contributed by atoms with Gasteiger partial charge in [0.15, 0.2) is 0 Å². The molecule has 3 heterocycles. The lowest BCUT2D eigenvalue weighted by atomic mass is 9.77. The first-order chi connectivity index (χ1) is 19.7. The van der Waals surface area contributed by atoms with E-state index >= 15 is 0 Å². The number of hydrogen-bond donors (Lipinski definition) is 1. The van der Waals surface area contributed by atoms with Gasteiger partial charge in [0.2, 0.25) is 0 Å². The third-order valence-electron chi connectivity index (χ3n) is 8.32. The summed E-state index contributed by atoms with van der Waals surface area (Å²) in [6.45, 7) is 2.28. The van der Waals surface area contributed by atoms with Gasteiger partial charge in [-0.25, -0.2) is 9.78 Å². The van der Waals surface area contributed by atoms with Gasteiger partial charge in [-0.2, -0.15) is 13.2 Å². The first kappa shape index (κ1) is 25.4.